The Bertz CT molecular complexity index is 950. The Balaban J connectivity index is 1.58. The molecule has 1 amide bonds. The maximum atomic E-state index is 12.9. The van der Waals surface area contributed by atoms with E-state index >= 15 is 0 Å². The second-order valence-corrected chi connectivity index (χ2v) is 7.43. The van der Waals surface area contributed by atoms with Gasteiger partial charge in [0.2, 0.25) is 0 Å². The van der Waals surface area contributed by atoms with Crippen LogP contribution in [0.5, 0.6) is 0 Å². The van der Waals surface area contributed by atoms with Crippen LogP contribution in [-0.2, 0) is 13.6 Å². The van der Waals surface area contributed by atoms with Crippen LogP contribution in [0.4, 0.5) is 0 Å². The summed E-state index contributed by atoms with van der Waals surface area (Å²) in [5.41, 5.74) is 1.55. The van der Waals surface area contributed by atoms with Crippen molar-refractivity contribution in [2.45, 2.75) is 32.2 Å². The van der Waals surface area contributed by atoms with Gasteiger partial charge in [-0.05, 0) is 37.3 Å². The van der Waals surface area contributed by atoms with E-state index in [0.29, 0.717) is 18.8 Å². The molecule has 1 N–H and O–H groups in total. The summed E-state index contributed by atoms with van der Waals surface area (Å²) in [5.74, 6) is 0.914. The molecule has 0 saturated carbocycles. The third-order valence-corrected chi connectivity index (χ3v) is 5.76. The van der Waals surface area contributed by atoms with Gasteiger partial charge in [0, 0.05) is 32.6 Å². The van der Waals surface area contributed by atoms with Gasteiger partial charge in [-0.1, -0.05) is 0 Å². The van der Waals surface area contributed by atoms with Gasteiger partial charge < -0.3 is 9.88 Å². The van der Waals surface area contributed by atoms with Crippen LogP contribution in [0.2, 0.25) is 0 Å². The molecule has 25 heavy (non-hydrogen) atoms. The van der Waals surface area contributed by atoms with E-state index in [1.807, 2.05) is 29.3 Å². The molecule has 0 spiro atoms. The van der Waals surface area contributed by atoms with Crippen LogP contribution < -0.4 is 5.69 Å². The summed E-state index contributed by atoms with van der Waals surface area (Å²) in [6, 6.07) is 3.91. The van der Waals surface area contributed by atoms with Crippen molar-refractivity contribution < 1.29 is 4.79 Å². The van der Waals surface area contributed by atoms with Gasteiger partial charge in [-0.15, -0.1) is 11.3 Å². The topological polar surface area (TPSA) is 75.9 Å². The van der Waals surface area contributed by atoms with E-state index in [1.165, 1.54) is 4.68 Å². The molecular formula is C17H21N5O2S. The number of piperidine rings is 1. The average Bonchev–Trinajstić information content (AvgIpc) is 3.29. The predicted molar refractivity (Wildman–Crippen MR) is 97.2 cm³/mol. The lowest BCUT2D eigenvalue weighted by Crippen LogP contribution is -2.40. The van der Waals surface area contributed by atoms with E-state index in [1.54, 1.807) is 23.0 Å². The number of amides is 1. The van der Waals surface area contributed by atoms with Crippen molar-refractivity contribution in [2.24, 2.45) is 7.05 Å². The molecule has 132 valence electrons. The van der Waals surface area contributed by atoms with E-state index in [2.05, 4.69) is 10.1 Å². The number of nitrogens with one attached hydrogen (secondary N) is 1. The molecule has 1 fully saturated rings. The molecule has 0 aromatic carbocycles. The van der Waals surface area contributed by atoms with Crippen molar-refractivity contribution in [2.75, 3.05) is 13.1 Å². The molecule has 8 heteroatoms. The lowest BCUT2D eigenvalue weighted by atomic mass is 9.97. The van der Waals surface area contributed by atoms with Crippen LogP contribution >= 0.6 is 11.3 Å². The van der Waals surface area contributed by atoms with Gasteiger partial charge in [0.15, 0.2) is 0 Å². The summed E-state index contributed by atoms with van der Waals surface area (Å²) in [4.78, 5) is 30.1. The largest absolute Gasteiger partial charge is 0.350 e. The normalized spacial score (nSPS) is 18.2. The molecule has 0 aliphatic carbocycles. The predicted octanol–water partition coefficient (Wildman–Crippen LogP) is 2.16. The number of hydrogen-bond donors (Lipinski definition) is 1. The lowest BCUT2D eigenvalue weighted by molar-refractivity contribution is 0.0698. The first-order valence-corrected chi connectivity index (χ1v) is 9.45. The van der Waals surface area contributed by atoms with Crippen molar-refractivity contribution in [3.8, 4) is 0 Å². The van der Waals surface area contributed by atoms with Gasteiger partial charge in [0.05, 0.1) is 10.2 Å². The average molecular weight is 359 g/mol. The smallest absolute Gasteiger partial charge is 0.345 e. The molecule has 0 bridgehead atoms. The molecule has 1 unspecified atom stereocenters. The molecule has 7 nitrogen and oxygen atoms in total. The molecule has 4 heterocycles. The van der Waals surface area contributed by atoms with E-state index in [9.17, 15) is 9.59 Å². The van der Waals surface area contributed by atoms with Crippen LogP contribution in [0, 0.1) is 0 Å². The number of carbonyl (C=O) groups excluding carboxylic acids is 1. The number of fused-ring (bicyclic) bond motifs is 1. The number of nitrogens with zero attached hydrogens (tertiary/aromatic N) is 4. The number of aromatic amines is 1. The molecule has 4 rings (SSSR count). The van der Waals surface area contributed by atoms with Crippen molar-refractivity contribution >= 4 is 27.5 Å². The molecule has 1 saturated heterocycles. The first kappa shape index (κ1) is 16.1. The number of H-pyrrole nitrogens is 1. The van der Waals surface area contributed by atoms with E-state index < -0.39 is 0 Å². The van der Waals surface area contributed by atoms with Gasteiger partial charge in [-0.25, -0.2) is 9.48 Å². The van der Waals surface area contributed by atoms with Crippen molar-refractivity contribution in [1.82, 2.24) is 24.2 Å². The molecular weight excluding hydrogens is 338 g/mol. The highest BCUT2D eigenvalue weighted by atomic mass is 32.1. The Morgan fingerprint density at radius 3 is 3.08 bits per heavy atom. The highest BCUT2D eigenvalue weighted by Crippen LogP contribution is 2.27. The fraction of sp³-hybridized carbons (Fsp3) is 0.471. The number of aromatic nitrogens is 4. The zero-order chi connectivity index (χ0) is 17.6. The van der Waals surface area contributed by atoms with Crippen molar-refractivity contribution in [3.05, 3.63) is 39.5 Å². The van der Waals surface area contributed by atoms with Crippen LogP contribution in [0.1, 0.15) is 42.0 Å². The summed E-state index contributed by atoms with van der Waals surface area (Å²) in [7, 11) is 1.68. The van der Waals surface area contributed by atoms with E-state index in [4.69, 9.17) is 0 Å². The second kappa shape index (κ2) is 6.18. The molecule has 1 aliphatic rings. The number of aryl methyl sites for hydroxylation is 1. The molecule has 3 aromatic heterocycles. The Morgan fingerprint density at radius 1 is 1.48 bits per heavy atom. The number of likely N-dealkylation sites (tertiary alicyclic amines) is 1. The van der Waals surface area contributed by atoms with Crippen LogP contribution in [0.3, 0.4) is 0 Å². The van der Waals surface area contributed by atoms with Gasteiger partial charge in [-0.2, -0.15) is 5.10 Å². The Kier molecular flexibility index (Phi) is 3.99. The number of thiophene rings is 1. The summed E-state index contributed by atoms with van der Waals surface area (Å²) in [6.07, 6.45) is 1.86. The minimum Gasteiger partial charge on any atom is -0.350 e. The summed E-state index contributed by atoms with van der Waals surface area (Å²) in [6.45, 7) is 3.89. The molecule has 3 aromatic rings. The van der Waals surface area contributed by atoms with Crippen LogP contribution in [0.15, 0.2) is 22.3 Å². The summed E-state index contributed by atoms with van der Waals surface area (Å²) >= 11 is 1.63. The van der Waals surface area contributed by atoms with Gasteiger partial charge in [-0.3, -0.25) is 9.36 Å². The molecule has 1 aliphatic heterocycles. The van der Waals surface area contributed by atoms with Crippen molar-refractivity contribution in [1.29, 1.82) is 0 Å². The number of rotatable bonds is 3. The highest BCUT2D eigenvalue weighted by Gasteiger charge is 2.30. The quantitative estimate of drug-likeness (QED) is 0.779. The SMILES string of the molecule is CCn1c(C2CCCN(C(=O)c3cc4sccc4[nH]3)C2)nn(C)c1=O. The van der Waals surface area contributed by atoms with E-state index in [-0.39, 0.29) is 17.5 Å². The van der Waals surface area contributed by atoms with Gasteiger partial charge >= 0.3 is 5.69 Å². The third kappa shape index (κ3) is 2.70. The maximum absolute atomic E-state index is 12.9. The zero-order valence-corrected chi connectivity index (χ0v) is 15.2. The highest BCUT2D eigenvalue weighted by molar-refractivity contribution is 7.17. The third-order valence-electron chi connectivity index (χ3n) is 4.90. The molecule has 0 radical (unpaired) electrons. The second-order valence-electron chi connectivity index (χ2n) is 6.48. The minimum absolute atomic E-state index is 0.0226. The van der Waals surface area contributed by atoms with Crippen molar-refractivity contribution in [3.63, 3.8) is 0 Å². The van der Waals surface area contributed by atoms with Gasteiger partial charge in [0.1, 0.15) is 11.5 Å². The summed E-state index contributed by atoms with van der Waals surface area (Å²) in [5, 5.41) is 6.43. The monoisotopic (exact) mass is 359 g/mol. The minimum atomic E-state index is -0.0921. The molecule has 1 atom stereocenters. The van der Waals surface area contributed by atoms with Crippen LogP contribution in [0.25, 0.3) is 10.2 Å². The number of hydrogen-bond acceptors (Lipinski definition) is 4. The fourth-order valence-electron chi connectivity index (χ4n) is 3.63. The fourth-order valence-corrected chi connectivity index (χ4v) is 4.41. The number of carbonyl (C=O) groups is 1. The Morgan fingerprint density at radius 2 is 2.32 bits per heavy atom. The zero-order valence-electron chi connectivity index (χ0n) is 14.4. The van der Waals surface area contributed by atoms with Crippen LogP contribution in [-0.4, -0.2) is 43.2 Å². The summed E-state index contributed by atoms with van der Waals surface area (Å²) < 4.78 is 4.20. The maximum Gasteiger partial charge on any atom is 0.345 e. The lowest BCUT2D eigenvalue weighted by Gasteiger charge is -2.32. The Hall–Kier alpha value is -2.35. The standard InChI is InChI=1S/C17H21N5O2S/c1-3-22-15(19-20(2)17(22)24)11-5-4-7-21(10-11)16(23)13-9-14-12(18-13)6-8-25-14/h6,8-9,11,18H,3-5,7,10H2,1-2H3. The Labute approximate surface area is 148 Å². The first-order valence-electron chi connectivity index (χ1n) is 8.57. The van der Waals surface area contributed by atoms with E-state index in [0.717, 1.165) is 35.4 Å². The first-order chi connectivity index (χ1) is 12.1. The van der Waals surface area contributed by atoms with Gasteiger partial charge in [0.25, 0.3) is 5.91 Å².